The fourth-order valence-corrected chi connectivity index (χ4v) is 4.15. The number of amides is 1. The molecule has 0 unspecified atom stereocenters. The molecule has 4 nitrogen and oxygen atoms in total. The van der Waals surface area contributed by atoms with Crippen LogP contribution in [0.15, 0.2) is 72.8 Å². The lowest BCUT2D eigenvalue weighted by atomic mass is 10.1. The molecule has 1 heterocycles. The summed E-state index contributed by atoms with van der Waals surface area (Å²) >= 11 is 6.63. The maximum absolute atomic E-state index is 12.8. The lowest BCUT2D eigenvalue weighted by Gasteiger charge is -2.09. The standard InChI is InChI=1S/C20H15N3OS2/c21-18-17(26-20(25)23(18)14-9-2-1-3-10-14)19(24)22-16-12-6-8-13-7-4-5-11-15(13)16/h1-12H,21H2,(H,22,24). The SMILES string of the molecule is Nc1c(C(=O)Nc2cccc3ccccc23)sc(=S)n1-c1ccccc1. The molecule has 0 atom stereocenters. The van der Waals surface area contributed by atoms with E-state index in [0.717, 1.165) is 22.1 Å². The summed E-state index contributed by atoms with van der Waals surface area (Å²) in [5, 5.41) is 5.01. The van der Waals surface area contributed by atoms with E-state index >= 15 is 0 Å². The molecule has 0 spiro atoms. The first kappa shape index (κ1) is 16.5. The van der Waals surface area contributed by atoms with Crippen molar-refractivity contribution in [3.63, 3.8) is 0 Å². The normalized spacial score (nSPS) is 10.8. The quantitative estimate of drug-likeness (QED) is 0.479. The van der Waals surface area contributed by atoms with Gasteiger partial charge < -0.3 is 11.1 Å². The molecular formula is C20H15N3OS2. The van der Waals surface area contributed by atoms with Crippen molar-refractivity contribution >= 4 is 51.7 Å². The van der Waals surface area contributed by atoms with Crippen LogP contribution in [0.2, 0.25) is 0 Å². The number of aromatic nitrogens is 1. The second-order valence-electron chi connectivity index (χ2n) is 5.73. The van der Waals surface area contributed by atoms with E-state index < -0.39 is 0 Å². The van der Waals surface area contributed by atoms with Crippen LogP contribution in [0.5, 0.6) is 0 Å². The van der Waals surface area contributed by atoms with Crippen molar-refractivity contribution in [2.24, 2.45) is 0 Å². The number of rotatable bonds is 3. The summed E-state index contributed by atoms with van der Waals surface area (Å²) in [6.45, 7) is 0. The van der Waals surface area contributed by atoms with Gasteiger partial charge >= 0.3 is 0 Å². The van der Waals surface area contributed by atoms with Gasteiger partial charge in [-0.25, -0.2) is 0 Å². The predicted octanol–water partition coefficient (Wildman–Crippen LogP) is 5.26. The molecule has 3 aromatic carbocycles. The number of nitrogens with one attached hydrogen (secondary N) is 1. The molecule has 0 radical (unpaired) electrons. The third kappa shape index (κ3) is 2.89. The van der Waals surface area contributed by atoms with E-state index in [1.165, 1.54) is 11.3 Å². The van der Waals surface area contributed by atoms with Crippen molar-refractivity contribution < 1.29 is 4.79 Å². The first-order valence-corrected chi connectivity index (χ1v) is 9.23. The molecule has 0 aliphatic carbocycles. The molecule has 1 amide bonds. The van der Waals surface area contributed by atoms with Gasteiger partial charge in [-0.3, -0.25) is 9.36 Å². The molecule has 0 saturated carbocycles. The van der Waals surface area contributed by atoms with Crippen LogP contribution in [0.25, 0.3) is 16.5 Å². The van der Waals surface area contributed by atoms with Gasteiger partial charge in [0.05, 0.1) is 0 Å². The number of fused-ring (bicyclic) bond motifs is 1. The Morgan fingerprint density at radius 1 is 0.962 bits per heavy atom. The average Bonchev–Trinajstić information content (AvgIpc) is 2.97. The van der Waals surface area contributed by atoms with E-state index in [1.54, 1.807) is 4.57 Å². The maximum Gasteiger partial charge on any atom is 0.269 e. The van der Waals surface area contributed by atoms with Gasteiger partial charge in [0.15, 0.2) is 3.95 Å². The minimum Gasteiger partial charge on any atom is -0.383 e. The first-order valence-electron chi connectivity index (χ1n) is 8.01. The van der Waals surface area contributed by atoms with Gasteiger partial charge in [-0.1, -0.05) is 65.9 Å². The highest BCUT2D eigenvalue weighted by Crippen LogP contribution is 2.28. The Labute approximate surface area is 159 Å². The molecule has 0 saturated heterocycles. The van der Waals surface area contributed by atoms with Gasteiger partial charge in [0, 0.05) is 16.8 Å². The Hall–Kier alpha value is -2.96. The van der Waals surface area contributed by atoms with Crippen molar-refractivity contribution in [1.82, 2.24) is 4.57 Å². The van der Waals surface area contributed by atoms with Crippen molar-refractivity contribution in [1.29, 1.82) is 0 Å². The van der Waals surface area contributed by atoms with Gasteiger partial charge in [-0.2, -0.15) is 0 Å². The minimum atomic E-state index is -0.260. The highest BCUT2D eigenvalue weighted by molar-refractivity contribution is 7.73. The van der Waals surface area contributed by atoms with Crippen LogP contribution in [0, 0.1) is 3.95 Å². The van der Waals surface area contributed by atoms with E-state index in [0.29, 0.717) is 14.6 Å². The zero-order valence-corrected chi connectivity index (χ0v) is 15.3. The van der Waals surface area contributed by atoms with Crippen LogP contribution >= 0.6 is 23.6 Å². The Balaban J connectivity index is 1.73. The number of hydrogen-bond acceptors (Lipinski definition) is 4. The monoisotopic (exact) mass is 377 g/mol. The maximum atomic E-state index is 12.8. The predicted molar refractivity (Wildman–Crippen MR) is 111 cm³/mol. The number of nitrogen functional groups attached to an aromatic ring is 1. The Morgan fingerprint density at radius 2 is 1.65 bits per heavy atom. The second kappa shape index (κ2) is 6.74. The molecule has 3 N–H and O–H groups in total. The van der Waals surface area contributed by atoms with Gasteiger partial charge in [0.1, 0.15) is 10.7 Å². The second-order valence-corrected chi connectivity index (χ2v) is 7.38. The molecule has 1 aromatic heterocycles. The van der Waals surface area contributed by atoms with Gasteiger partial charge in [0.2, 0.25) is 0 Å². The van der Waals surface area contributed by atoms with E-state index in [4.69, 9.17) is 18.0 Å². The van der Waals surface area contributed by atoms with Crippen LogP contribution in [0.3, 0.4) is 0 Å². The fourth-order valence-electron chi connectivity index (χ4n) is 2.88. The number of hydrogen-bond donors (Lipinski definition) is 2. The van der Waals surface area contributed by atoms with E-state index in [1.807, 2.05) is 72.8 Å². The Kier molecular flexibility index (Phi) is 4.28. The summed E-state index contributed by atoms with van der Waals surface area (Å²) in [5.41, 5.74) is 7.84. The molecular weight excluding hydrogens is 362 g/mol. The van der Waals surface area contributed by atoms with Gasteiger partial charge in [-0.05, 0) is 35.8 Å². The van der Waals surface area contributed by atoms with Crippen molar-refractivity contribution in [2.45, 2.75) is 0 Å². The molecule has 128 valence electrons. The average molecular weight is 377 g/mol. The molecule has 0 aliphatic rings. The van der Waals surface area contributed by atoms with Crippen molar-refractivity contribution in [3.8, 4) is 5.69 Å². The summed E-state index contributed by atoms with van der Waals surface area (Å²) in [6.07, 6.45) is 0. The summed E-state index contributed by atoms with van der Waals surface area (Å²) in [4.78, 5) is 13.2. The Bertz CT molecular complexity index is 1160. The highest BCUT2D eigenvalue weighted by Gasteiger charge is 2.18. The number of nitrogens with two attached hydrogens (primary N) is 1. The van der Waals surface area contributed by atoms with Gasteiger partial charge in [0.25, 0.3) is 5.91 Å². The summed E-state index contributed by atoms with van der Waals surface area (Å²) in [7, 11) is 0. The number of carbonyl (C=O) groups excluding carboxylic acids is 1. The molecule has 4 rings (SSSR count). The van der Waals surface area contributed by atoms with E-state index in [2.05, 4.69) is 5.32 Å². The van der Waals surface area contributed by atoms with Crippen LogP contribution in [-0.2, 0) is 0 Å². The number of anilines is 2. The first-order chi connectivity index (χ1) is 12.6. The van der Waals surface area contributed by atoms with Crippen LogP contribution < -0.4 is 11.1 Å². The zero-order valence-electron chi connectivity index (χ0n) is 13.7. The molecule has 4 aromatic rings. The number of benzene rings is 3. The summed E-state index contributed by atoms with van der Waals surface area (Å²) in [6, 6.07) is 23.3. The summed E-state index contributed by atoms with van der Waals surface area (Å²) in [5.74, 6) is 0.0913. The molecule has 6 heteroatoms. The lowest BCUT2D eigenvalue weighted by Crippen LogP contribution is -2.13. The third-order valence-electron chi connectivity index (χ3n) is 4.10. The third-order valence-corrected chi connectivity index (χ3v) is 5.49. The molecule has 0 aliphatic heterocycles. The minimum absolute atomic E-state index is 0.260. The molecule has 0 fully saturated rings. The van der Waals surface area contributed by atoms with Crippen molar-refractivity contribution in [3.05, 3.63) is 81.6 Å². The van der Waals surface area contributed by atoms with E-state index in [-0.39, 0.29) is 5.91 Å². The number of nitrogens with zero attached hydrogens (tertiary/aromatic N) is 1. The zero-order chi connectivity index (χ0) is 18.1. The topological polar surface area (TPSA) is 60.1 Å². The Morgan fingerprint density at radius 3 is 2.46 bits per heavy atom. The van der Waals surface area contributed by atoms with Crippen LogP contribution in [0.1, 0.15) is 9.67 Å². The van der Waals surface area contributed by atoms with Gasteiger partial charge in [-0.15, -0.1) is 0 Å². The smallest absolute Gasteiger partial charge is 0.269 e. The van der Waals surface area contributed by atoms with Crippen molar-refractivity contribution in [2.75, 3.05) is 11.1 Å². The number of para-hydroxylation sites is 1. The lowest BCUT2D eigenvalue weighted by molar-refractivity contribution is 0.103. The number of carbonyl (C=O) groups is 1. The molecule has 0 bridgehead atoms. The van der Waals surface area contributed by atoms with E-state index in [9.17, 15) is 4.79 Å². The fraction of sp³-hybridized carbons (Fsp3) is 0. The largest absolute Gasteiger partial charge is 0.383 e. The summed E-state index contributed by atoms with van der Waals surface area (Å²) < 4.78 is 2.26. The van der Waals surface area contributed by atoms with Crippen LogP contribution in [0.4, 0.5) is 11.5 Å². The highest BCUT2D eigenvalue weighted by atomic mass is 32.1. The van der Waals surface area contributed by atoms with Crippen LogP contribution in [-0.4, -0.2) is 10.5 Å². The number of thiazole rings is 1. The molecule has 26 heavy (non-hydrogen) atoms.